The highest BCUT2D eigenvalue weighted by molar-refractivity contribution is 5.93. The number of benzene rings is 1. The van der Waals surface area contributed by atoms with E-state index in [0.717, 1.165) is 18.4 Å². The molecule has 1 aromatic carbocycles. The van der Waals surface area contributed by atoms with Gasteiger partial charge in [0.1, 0.15) is 11.5 Å². The van der Waals surface area contributed by atoms with Crippen LogP contribution in [-0.4, -0.2) is 21.8 Å². The summed E-state index contributed by atoms with van der Waals surface area (Å²) in [5.74, 6) is -0.372. The van der Waals surface area contributed by atoms with Crippen molar-refractivity contribution in [3.05, 3.63) is 53.6 Å². The highest BCUT2D eigenvalue weighted by Gasteiger charge is 2.33. The van der Waals surface area contributed by atoms with Crippen molar-refractivity contribution >= 4 is 11.6 Å². The molecule has 0 radical (unpaired) electrons. The van der Waals surface area contributed by atoms with Gasteiger partial charge in [-0.25, -0.2) is 4.39 Å². The molecule has 3 N–H and O–H groups in total. The fourth-order valence-electron chi connectivity index (χ4n) is 2.27. The number of aromatic nitrogens is 1. The largest absolute Gasteiger partial charge is 0.397 e. The van der Waals surface area contributed by atoms with E-state index in [-0.39, 0.29) is 17.8 Å². The van der Waals surface area contributed by atoms with Crippen LogP contribution in [0, 0.1) is 5.82 Å². The van der Waals surface area contributed by atoms with Crippen LogP contribution < -0.4 is 5.73 Å². The van der Waals surface area contributed by atoms with E-state index in [1.165, 1.54) is 12.1 Å². The van der Waals surface area contributed by atoms with Crippen molar-refractivity contribution in [3.63, 3.8) is 0 Å². The van der Waals surface area contributed by atoms with Crippen LogP contribution in [0.25, 0.3) is 0 Å². The predicted molar refractivity (Wildman–Crippen MR) is 74.5 cm³/mol. The smallest absolute Gasteiger partial charge is 0.270 e. The Morgan fingerprint density at radius 1 is 1.40 bits per heavy atom. The number of aromatic amines is 1. The fourth-order valence-corrected chi connectivity index (χ4v) is 2.27. The summed E-state index contributed by atoms with van der Waals surface area (Å²) in [7, 11) is 0. The maximum Gasteiger partial charge on any atom is 0.270 e. The molecule has 1 aromatic heterocycles. The van der Waals surface area contributed by atoms with Gasteiger partial charge in [-0.05, 0) is 36.6 Å². The Balaban J connectivity index is 1.81. The summed E-state index contributed by atoms with van der Waals surface area (Å²) in [6.45, 7) is 0.417. The van der Waals surface area contributed by atoms with E-state index in [9.17, 15) is 9.18 Å². The topological polar surface area (TPSA) is 62.1 Å². The monoisotopic (exact) mass is 273 g/mol. The van der Waals surface area contributed by atoms with E-state index in [1.807, 2.05) is 6.07 Å². The summed E-state index contributed by atoms with van der Waals surface area (Å²) in [6, 6.07) is 8.23. The van der Waals surface area contributed by atoms with Crippen molar-refractivity contribution < 1.29 is 9.18 Å². The number of nitrogen functional groups attached to an aromatic ring is 1. The molecule has 0 atom stereocenters. The molecule has 3 rings (SSSR count). The molecule has 0 saturated heterocycles. The molecule has 1 fully saturated rings. The van der Waals surface area contributed by atoms with Gasteiger partial charge < -0.3 is 15.6 Å². The Labute approximate surface area is 116 Å². The molecule has 2 aromatic rings. The number of nitrogens with zero attached hydrogens (tertiary/aromatic N) is 1. The van der Waals surface area contributed by atoms with Crippen LogP contribution in [0.4, 0.5) is 10.1 Å². The summed E-state index contributed by atoms with van der Waals surface area (Å²) < 4.78 is 13.2. The van der Waals surface area contributed by atoms with Crippen LogP contribution in [0.1, 0.15) is 28.9 Å². The molecule has 4 nitrogen and oxygen atoms in total. The van der Waals surface area contributed by atoms with Crippen LogP contribution in [0.2, 0.25) is 0 Å². The molecule has 0 aliphatic heterocycles. The van der Waals surface area contributed by atoms with Crippen LogP contribution in [-0.2, 0) is 6.54 Å². The second-order valence-corrected chi connectivity index (χ2v) is 5.14. The zero-order valence-electron chi connectivity index (χ0n) is 11.0. The zero-order chi connectivity index (χ0) is 14.1. The van der Waals surface area contributed by atoms with Gasteiger partial charge in [0, 0.05) is 24.5 Å². The maximum absolute atomic E-state index is 13.2. The summed E-state index contributed by atoms with van der Waals surface area (Å²) in [6.07, 6.45) is 3.59. The van der Waals surface area contributed by atoms with Gasteiger partial charge in [-0.15, -0.1) is 0 Å². The second kappa shape index (κ2) is 5.00. The van der Waals surface area contributed by atoms with E-state index in [0.29, 0.717) is 17.9 Å². The Hall–Kier alpha value is -2.30. The molecule has 0 bridgehead atoms. The first-order valence-corrected chi connectivity index (χ1v) is 6.63. The number of carbonyl (C=O) groups excluding carboxylic acids is 1. The minimum Gasteiger partial charge on any atom is -0.397 e. The van der Waals surface area contributed by atoms with Gasteiger partial charge >= 0.3 is 0 Å². The summed E-state index contributed by atoms with van der Waals surface area (Å²) in [5.41, 5.74) is 7.44. The van der Waals surface area contributed by atoms with Crippen molar-refractivity contribution in [3.8, 4) is 0 Å². The van der Waals surface area contributed by atoms with Gasteiger partial charge in [0.05, 0.1) is 0 Å². The Kier molecular flexibility index (Phi) is 3.18. The van der Waals surface area contributed by atoms with Gasteiger partial charge in [0.2, 0.25) is 0 Å². The Morgan fingerprint density at radius 3 is 2.80 bits per heavy atom. The van der Waals surface area contributed by atoms with Gasteiger partial charge in [0.15, 0.2) is 0 Å². The molecule has 20 heavy (non-hydrogen) atoms. The van der Waals surface area contributed by atoms with Crippen LogP contribution in [0.15, 0.2) is 36.5 Å². The Morgan fingerprint density at radius 2 is 2.20 bits per heavy atom. The lowest BCUT2D eigenvalue weighted by molar-refractivity contribution is 0.0724. The SMILES string of the molecule is Nc1c[nH]c(C(=O)N(Cc2cccc(F)c2)C2CC2)c1. The highest BCUT2D eigenvalue weighted by atomic mass is 19.1. The van der Waals surface area contributed by atoms with Gasteiger partial charge in [0.25, 0.3) is 5.91 Å². The number of carbonyl (C=O) groups is 1. The number of amides is 1. The molecule has 0 unspecified atom stereocenters. The zero-order valence-corrected chi connectivity index (χ0v) is 11.0. The second-order valence-electron chi connectivity index (χ2n) is 5.14. The quantitative estimate of drug-likeness (QED) is 0.899. The van der Waals surface area contributed by atoms with Gasteiger partial charge in [-0.2, -0.15) is 0 Å². The number of halogens is 1. The average molecular weight is 273 g/mol. The number of hydrogen-bond acceptors (Lipinski definition) is 2. The highest BCUT2D eigenvalue weighted by Crippen LogP contribution is 2.30. The number of nitrogens with one attached hydrogen (secondary N) is 1. The van der Waals surface area contributed by atoms with Gasteiger partial charge in [-0.1, -0.05) is 12.1 Å². The number of rotatable bonds is 4. The minimum absolute atomic E-state index is 0.0894. The predicted octanol–water partition coefficient (Wildman–Crippen LogP) is 2.54. The number of nitrogens with two attached hydrogens (primary N) is 1. The summed E-state index contributed by atoms with van der Waals surface area (Å²) in [5, 5.41) is 0. The first-order valence-electron chi connectivity index (χ1n) is 6.63. The summed E-state index contributed by atoms with van der Waals surface area (Å²) >= 11 is 0. The van der Waals surface area contributed by atoms with Crippen molar-refractivity contribution in [2.75, 3.05) is 5.73 Å². The lowest BCUT2D eigenvalue weighted by atomic mass is 10.2. The van der Waals surface area contributed by atoms with E-state index in [1.54, 1.807) is 23.2 Å². The van der Waals surface area contributed by atoms with Gasteiger partial charge in [-0.3, -0.25) is 4.79 Å². The first kappa shape index (κ1) is 12.7. The van der Waals surface area contributed by atoms with Crippen LogP contribution in [0.3, 0.4) is 0 Å². The lowest BCUT2D eigenvalue weighted by Crippen LogP contribution is -2.32. The normalized spacial score (nSPS) is 14.2. The fraction of sp³-hybridized carbons (Fsp3) is 0.267. The standard InChI is InChI=1S/C15H16FN3O/c16-11-3-1-2-10(6-11)9-19(13-4-5-13)15(20)14-7-12(17)8-18-14/h1-3,6-8,13,18H,4-5,9,17H2. The third-order valence-electron chi connectivity index (χ3n) is 3.43. The maximum atomic E-state index is 13.2. The van der Waals surface area contributed by atoms with Crippen molar-refractivity contribution in [1.29, 1.82) is 0 Å². The minimum atomic E-state index is -0.283. The average Bonchev–Trinajstić information content (AvgIpc) is 3.17. The molecule has 104 valence electrons. The molecular formula is C15H16FN3O. The van der Waals surface area contributed by atoms with Crippen molar-refractivity contribution in [2.45, 2.75) is 25.4 Å². The van der Waals surface area contributed by atoms with E-state index >= 15 is 0 Å². The molecule has 1 heterocycles. The summed E-state index contributed by atoms with van der Waals surface area (Å²) in [4.78, 5) is 17.1. The first-order chi connectivity index (χ1) is 9.63. The molecule has 1 aliphatic carbocycles. The number of anilines is 1. The molecule has 1 saturated carbocycles. The van der Waals surface area contributed by atoms with Crippen molar-refractivity contribution in [2.24, 2.45) is 0 Å². The van der Waals surface area contributed by atoms with Crippen LogP contribution >= 0.6 is 0 Å². The molecule has 1 aliphatic rings. The Bertz CT molecular complexity index is 634. The third-order valence-corrected chi connectivity index (χ3v) is 3.43. The van der Waals surface area contributed by atoms with Crippen LogP contribution in [0.5, 0.6) is 0 Å². The van der Waals surface area contributed by atoms with E-state index < -0.39 is 0 Å². The lowest BCUT2D eigenvalue weighted by Gasteiger charge is -2.22. The number of hydrogen-bond donors (Lipinski definition) is 2. The molecule has 5 heteroatoms. The molecular weight excluding hydrogens is 257 g/mol. The van der Waals surface area contributed by atoms with E-state index in [2.05, 4.69) is 4.98 Å². The molecule has 0 spiro atoms. The van der Waals surface area contributed by atoms with E-state index in [4.69, 9.17) is 5.73 Å². The van der Waals surface area contributed by atoms with Crippen molar-refractivity contribution in [1.82, 2.24) is 9.88 Å². The third kappa shape index (κ3) is 2.66. The number of H-pyrrole nitrogens is 1. The molecule has 1 amide bonds.